The van der Waals surface area contributed by atoms with Gasteiger partial charge in [0.05, 0.1) is 5.92 Å². The van der Waals surface area contributed by atoms with Crippen molar-refractivity contribution >= 4 is 18.9 Å². The van der Waals surface area contributed by atoms with E-state index in [1.807, 2.05) is 6.92 Å². The minimum atomic E-state index is -0.583. The van der Waals surface area contributed by atoms with Crippen LogP contribution in [-0.4, -0.2) is 18.9 Å². The molecule has 0 amide bonds. The van der Waals surface area contributed by atoms with Gasteiger partial charge in [-0.15, -0.1) is 0 Å². The van der Waals surface area contributed by atoms with E-state index in [9.17, 15) is 14.4 Å². The van der Waals surface area contributed by atoms with Crippen molar-refractivity contribution in [2.24, 2.45) is 23.7 Å². The number of hydrogen-bond donors (Lipinski definition) is 0. The molecule has 0 bridgehead atoms. The molecule has 1 saturated carbocycles. The molecular weight excluding hydrogens is 168 g/mol. The Morgan fingerprint density at radius 3 is 2.23 bits per heavy atom. The second-order valence-electron chi connectivity index (χ2n) is 3.78. The van der Waals surface area contributed by atoms with Crippen LogP contribution in [0.2, 0.25) is 0 Å². The average molecular weight is 182 g/mol. The van der Waals surface area contributed by atoms with Crippen LogP contribution in [0.1, 0.15) is 19.8 Å². The summed E-state index contributed by atoms with van der Waals surface area (Å²) >= 11 is 0. The molecule has 13 heavy (non-hydrogen) atoms. The van der Waals surface area contributed by atoms with E-state index in [1.165, 1.54) is 0 Å². The maximum absolute atomic E-state index is 10.7. The van der Waals surface area contributed by atoms with Crippen molar-refractivity contribution in [1.29, 1.82) is 0 Å². The van der Waals surface area contributed by atoms with Gasteiger partial charge in [-0.1, -0.05) is 6.92 Å². The van der Waals surface area contributed by atoms with Crippen LogP contribution in [0.4, 0.5) is 0 Å². The van der Waals surface area contributed by atoms with Crippen molar-refractivity contribution in [3.63, 3.8) is 0 Å². The van der Waals surface area contributed by atoms with E-state index in [-0.39, 0.29) is 11.8 Å². The van der Waals surface area contributed by atoms with Gasteiger partial charge in [-0.3, -0.25) is 0 Å². The van der Waals surface area contributed by atoms with Crippen LogP contribution in [0.15, 0.2) is 0 Å². The van der Waals surface area contributed by atoms with Gasteiger partial charge in [-0.25, -0.2) is 0 Å². The van der Waals surface area contributed by atoms with Gasteiger partial charge in [0.2, 0.25) is 0 Å². The van der Waals surface area contributed by atoms with Crippen LogP contribution in [0.5, 0.6) is 0 Å². The highest BCUT2D eigenvalue weighted by Crippen LogP contribution is 2.38. The molecule has 0 aliphatic heterocycles. The quantitative estimate of drug-likeness (QED) is 0.478. The molecule has 0 radical (unpaired) electrons. The highest BCUT2D eigenvalue weighted by atomic mass is 16.1. The molecule has 1 aliphatic carbocycles. The van der Waals surface area contributed by atoms with Crippen molar-refractivity contribution in [3.05, 3.63) is 0 Å². The summed E-state index contributed by atoms with van der Waals surface area (Å²) in [7, 11) is 0. The molecular formula is C10H14O3. The maximum atomic E-state index is 10.7. The minimum absolute atomic E-state index is 0.0532. The molecule has 0 spiro atoms. The van der Waals surface area contributed by atoms with E-state index in [1.54, 1.807) is 0 Å². The molecule has 3 heteroatoms. The number of aldehydes is 3. The molecule has 0 saturated heterocycles. The van der Waals surface area contributed by atoms with Gasteiger partial charge in [0.15, 0.2) is 0 Å². The second-order valence-corrected chi connectivity index (χ2v) is 3.78. The highest BCUT2D eigenvalue weighted by Gasteiger charge is 2.37. The maximum Gasteiger partial charge on any atom is 0.130 e. The molecule has 1 rings (SSSR count). The summed E-state index contributed by atoms with van der Waals surface area (Å²) in [6.07, 6.45) is 3.96. The van der Waals surface area contributed by atoms with Gasteiger partial charge in [0.1, 0.15) is 18.9 Å². The first-order valence-corrected chi connectivity index (χ1v) is 4.60. The first-order chi connectivity index (χ1) is 6.24. The van der Waals surface area contributed by atoms with Crippen LogP contribution in [0, 0.1) is 23.7 Å². The summed E-state index contributed by atoms with van der Waals surface area (Å²) in [5.41, 5.74) is 0. The third kappa shape index (κ3) is 1.85. The first kappa shape index (κ1) is 10.1. The Bertz CT molecular complexity index is 204. The number of hydrogen-bond acceptors (Lipinski definition) is 3. The fourth-order valence-corrected chi connectivity index (χ4v) is 2.18. The number of carbonyl (C=O) groups is 3. The van der Waals surface area contributed by atoms with Crippen molar-refractivity contribution in [2.75, 3.05) is 0 Å². The molecule has 3 nitrogen and oxygen atoms in total. The first-order valence-electron chi connectivity index (χ1n) is 4.60. The predicted molar refractivity (Wildman–Crippen MR) is 47.1 cm³/mol. The lowest BCUT2D eigenvalue weighted by Gasteiger charge is -2.18. The molecule has 0 aromatic rings. The van der Waals surface area contributed by atoms with Crippen molar-refractivity contribution in [1.82, 2.24) is 0 Å². The third-order valence-corrected chi connectivity index (χ3v) is 3.07. The van der Waals surface area contributed by atoms with Crippen LogP contribution >= 0.6 is 0 Å². The van der Waals surface area contributed by atoms with Gasteiger partial charge < -0.3 is 14.4 Å². The van der Waals surface area contributed by atoms with Crippen LogP contribution < -0.4 is 0 Å². The Kier molecular flexibility index (Phi) is 3.34. The standard InChI is InChI=1S/C10H14O3/c1-7-2-3-9(10(7)6-13)8(4-11)5-12/h4-10H,2-3H2,1H3/t7-,9?,10?/m1/s1. The topological polar surface area (TPSA) is 51.2 Å². The summed E-state index contributed by atoms with van der Waals surface area (Å²) in [5, 5.41) is 0. The Hall–Kier alpha value is -0.990. The van der Waals surface area contributed by atoms with Crippen LogP contribution in [0.3, 0.4) is 0 Å². The lowest BCUT2D eigenvalue weighted by Crippen LogP contribution is -2.24. The van der Waals surface area contributed by atoms with Crippen molar-refractivity contribution in [3.8, 4) is 0 Å². The Morgan fingerprint density at radius 1 is 1.15 bits per heavy atom. The molecule has 0 aromatic carbocycles. The fraction of sp³-hybridized carbons (Fsp3) is 0.700. The molecule has 1 fully saturated rings. The summed E-state index contributed by atoms with van der Waals surface area (Å²) in [5.74, 6) is -0.437. The lowest BCUT2D eigenvalue weighted by molar-refractivity contribution is -0.123. The van der Waals surface area contributed by atoms with Crippen molar-refractivity contribution in [2.45, 2.75) is 19.8 Å². The largest absolute Gasteiger partial charge is 0.303 e. The fourth-order valence-electron chi connectivity index (χ4n) is 2.18. The van der Waals surface area contributed by atoms with E-state index in [2.05, 4.69) is 0 Å². The van der Waals surface area contributed by atoms with Gasteiger partial charge in [0, 0.05) is 5.92 Å². The summed E-state index contributed by atoms with van der Waals surface area (Å²) in [6, 6.07) is 0. The SMILES string of the molecule is C[C@@H]1CCC(C(C=O)C=O)C1C=O. The van der Waals surface area contributed by atoms with E-state index in [4.69, 9.17) is 0 Å². The molecule has 0 aromatic heterocycles. The monoisotopic (exact) mass is 182 g/mol. The van der Waals surface area contributed by atoms with E-state index >= 15 is 0 Å². The Labute approximate surface area is 77.5 Å². The second kappa shape index (κ2) is 4.30. The molecule has 0 heterocycles. The van der Waals surface area contributed by atoms with E-state index < -0.39 is 5.92 Å². The van der Waals surface area contributed by atoms with Crippen molar-refractivity contribution < 1.29 is 14.4 Å². The number of carbonyl (C=O) groups excluding carboxylic acids is 3. The number of rotatable bonds is 4. The lowest BCUT2D eigenvalue weighted by atomic mass is 9.84. The van der Waals surface area contributed by atoms with Crippen LogP contribution in [0.25, 0.3) is 0 Å². The smallest absolute Gasteiger partial charge is 0.130 e. The van der Waals surface area contributed by atoms with Gasteiger partial charge in [-0.05, 0) is 24.7 Å². The van der Waals surface area contributed by atoms with E-state index in [0.29, 0.717) is 18.5 Å². The Morgan fingerprint density at radius 2 is 1.77 bits per heavy atom. The molecule has 0 N–H and O–H groups in total. The van der Waals surface area contributed by atoms with Gasteiger partial charge >= 0.3 is 0 Å². The average Bonchev–Trinajstić information content (AvgIpc) is 2.50. The normalized spacial score (nSPS) is 33.2. The zero-order valence-electron chi connectivity index (χ0n) is 7.68. The Balaban J connectivity index is 2.73. The van der Waals surface area contributed by atoms with Gasteiger partial charge in [0.25, 0.3) is 0 Å². The van der Waals surface area contributed by atoms with E-state index in [0.717, 1.165) is 19.1 Å². The summed E-state index contributed by atoms with van der Waals surface area (Å²) < 4.78 is 0. The predicted octanol–water partition coefficient (Wildman–Crippen LogP) is 0.862. The minimum Gasteiger partial charge on any atom is -0.303 e. The zero-order chi connectivity index (χ0) is 9.84. The molecule has 72 valence electrons. The molecule has 1 aliphatic rings. The summed E-state index contributed by atoms with van der Waals surface area (Å²) in [6.45, 7) is 1.99. The zero-order valence-corrected chi connectivity index (χ0v) is 7.68. The summed E-state index contributed by atoms with van der Waals surface area (Å²) in [4.78, 5) is 31.8. The highest BCUT2D eigenvalue weighted by molar-refractivity contribution is 5.78. The molecule has 2 unspecified atom stereocenters. The van der Waals surface area contributed by atoms with Gasteiger partial charge in [-0.2, -0.15) is 0 Å². The third-order valence-electron chi connectivity index (χ3n) is 3.07. The van der Waals surface area contributed by atoms with Crippen LogP contribution in [-0.2, 0) is 14.4 Å². The molecule has 3 atom stereocenters.